The third-order valence-corrected chi connectivity index (χ3v) is 2.78. The molecule has 0 aliphatic heterocycles. The van der Waals surface area contributed by atoms with Crippen molar-refractivity contribution in [1.29, 1.82) is 0 Å². The summed E-state index contributed by atoms with van der Waals surface area (Å²) < 4.78 is 38.4. The van der Waals surface area contributed by atoms with Crippen LogP contribution in [-0.2, 0) is 0 Å². The lowest BCUT2D eigenvalue weighted by Crippen LogP contribution is -2.39. The van der Waals surface area contributed by atoms with Gasteiger partial charge in [0.15, 0.2) is 17.5 Å². The predicted molar refractivity (Wildman–Crippen MR) is 52.8 cm³/mol. The second-order valence-corrected chi connectivity index (χ2v) is 4.15. The Labute approximate surface area is 95.3 Å². The fraction of sp³-hybridized carbons (Fsp3) is 0.364. The van der Waals surface area contributed by atoms with Gasteiger partial charge >= 0.3 is 0 Å². The average Bonchev–Trinajstić information content (AvgIpc) is 3.05. The molecule has 1 aliphatic rings. The molecule has 6 heteroatoms. The van der Waals surface area contributed by atoms with Crippen LogP contribution in [0, 0.1) is 17.5 Å². The normalized spacial score (nSPS) is 16.7. The smallest absolute Gasteiger partial charge is 0.252 e. The second-order valence-electron chi connectivity index (χ2n) is 4.15. The van der Waals surface area contributed by atoms with Gasteiger partial charge in [-0.15, -0.1) is 0 Å². The van der Waals surface area contributed by atoms with Crippen LogP contribution in [0.5, 0.6) is 0 Å². The highest BCUT2D eigenvalue weighted by Crippen LogP contribution is 2.34. The van der Waals surface area contributed by atoms with Crippen LogP contribution in [0.1, 0.15) is 23.2 Å². The fourth-order valence-corrected chi connectivity index (χ4v) is 1.47. The molecular formula is C11H10F3NO2. The van der Waals surface area contributed by atoms with E-state index in [1.54, 1.807) is 0 Å². The van der Waals surface area contributed by atoms with E-state index in [0.29, 0.717) is 25.0 Å². The van der Waals surface area contributed by atoms with E-state index in [9.17, 15) is 18.0 Å². The lowest BCUT2D eigenvalue weighted by Gasteiger charge is -2.14. The summed E-state index contributed by atoms with van der Waals surface area (Å²) in [4.78, 5) is 11.6. The Morgan fingerprint density at radius 2 is 1.82 bits per heavy atom. The zero-order chi connectivity index (χ0) is 12.6. The molecule has 17 heavy (non-hydrogen) atoms. The number of nitrogens with one attached hydrogen (secondary N) is 1. The van der Waals surface area contributed by atoms with Crippen LogP contribution in [0.4, 0.5) is 13.2 Å². The highest BCUT2D eigenvalue weighted by Gasteiger charge is 2.43. The third-order valence-electron chi connectivity index (χ3n) is 2.78. The molecule has 3 nitrogen and oxygen atoms in total. The molecule has 1 amide bonds. The molecule has 0 radical (unpaired) electrons. The van der Waals surface area contributed by atoms with Gasteiger partial charge in [0, 0.05) is 5.56 Å². The van der Waals surface area contributed by atoms with Crippen LogP contribution in [0.25, 0.3) is 0 Å². The molecule has 0 aromatic heterocycles. The molecule has 92 valence electrons. The minimum atomic E-state index is -1.61. The number of aliphatic hydroxyl groups is 1. The first-order chi connectivity index (χ1) is 7.97. The van der Waals surface area contributed by atoms with E-state index in [1.807, 2.05) is 0 Å². The Morgan fingerprint density at radius 3 is 2.24 bits per heavy atom. The summed E-state index contributed by atoms with van der Waals surface area (Å²) in [7, 11) is 0. The molecule has 0 saturated heterocycles. The van der Waals surface area contributed by atoms with Gasteiger partial charge in [-0.3, -0.25) is 4.79 Å². The van der Waals surface area contributed by atoms with Crippen molar-refractivity contribution in [2.45, 2.75) is 18.4 Å². The van der Waals surface area contributed by atoms with Crippen LogP contribution in [0.3, 0.4) is 0 Å². The van der Waals surface area contributed by atoms with E-state index in [4.69, 9.17) is 5.11 Å². The van der Waals surface area contributed by atoms with E-state index < -0.39 is 28.9 Å². The maximum Gasteiger partial charge on any atom is 0.252 e. The quantitative estimate of drug-likeness (QED) is 0.790. The zero-order valence-corrected chi connectivity index (χ0v) is 8.77. The van der Waals surface area contributed by atoms with Crippen LogP contribution in [-0.4, -0.2) is 23.2 Å². The highest BCUT2D eigenvalue weighted by atomic mass is 19.2. The number of hydrogen-bond acceptors (Lipinski definition) is 2. The molecule has 0 spiro atoms. The molecule has 1 aromatic rings. The van der Waals surface area contributed by atoms with Gasteiger partial charge in [0.1, 0.15) is 0 Å². The lowest BCUT2D eigenvalue weighted by atomic mass is 10.1. The number of aliphatic hydroxyl groups excluding tert-OH is 1. The summed E-state index contributed by atoms with van der Waals surface area (Å²) in [5.74, 6) is -5.16. The molecule has 1 aliphatic carbocycles. The first-order valence-corrected chi connectivity index (χ1v) is 5.05. The Balaban J connectivity index is 2.20. The Kier molecular flexibility index (Phi) is 2.82. The van der Waals surface area contributed by atoms with Crippen molar-refractivity contribution in [1.82, 2.24) is 5.32 Å². The van der Waals surface area contributed by atoms with Crippen molar-refractivity contribution in [3.05, 3.63) is 35.1 Å². The zero-order valence-electron chi connectivity index (χ0n) is 8.77. The molecule has 1 saturated carbocycles. The Bertz CT molecular complexity index is 449. The van der Waals surface area contributed by atoms with E-state index in [2.05, 4.69) is 5.32 Å². The minimum absolute atomic E-state index is 0.231. The van der Waals surface area contributed by atoms with Crippen molar-refractivity contribution >= 4 is 5.91 Å². The van der Waals surface area contributed by atoms with Gasteiger partial charge in [-0.2, -0.15) is 0 Å². The number of amides is 1. The first kappa shape index (κ1) is 11.9. The van der Waals surface area contributed by atoms with Crippen LogP contribution in [0.15, 0.2) is 12.1 Å². The van der Waals surface area contributed by atoms with E-state index in [1.165, 1.54) is 0 Å². The van der Waals surface area contributed by atoms with Crippen LogP contribution >= 0.6 is 0 Å². The molecule has 0 heterocycles. The largest absolute Gasteiger partial charge is 0.394 e. The Morgan fingerprint density at radius 1 is 1.29 bits per heavy atom. The molecule has 0 unspecified atom stereocenters. The molecule has 2 N–H and O–H groups in total. The summed E-state index contributed by atoms with van der Waals surface area (Å²) in [6.45, 7) is -0.231. The van der Waals surface area contributed by atoms with Crippen LogP contribution in [0.2, 0.25) is 0 Å². The number of hydrogen-bond donors (Lipinski definition) is 2. The van der Waals surface area contributed by atoms with E-state index in [0.717, 1.165) is 0 Å². The molecule has 0 bridgehead atoms. The number of benzene rings is 1. The number of rotatable bonds is 3. The first-order valence-electron chi connectivity index (χ1n) is 5.05. The van der Waals surface area contributed by atoms with Gasteiger partial charge in [0.05, 0.1) is 12.1 Å². The number of carbonyl (C=O) groups is 1. The molecule has 2 rings (SSSR count). The summed E-state index contributed by atoms with van der Waals surface area (Å²) in [6, 6.07) is 1.25. The second kappa shape index (κ2) is 4.03. The third kappa shape index (κ3) is 2.26. The molecule has 0 atom stereocenters. The van der Waals surface area contributed by atoms with Gasteiger partial charge < -0.3 is 10.4 Å². The fourth-order valence-electron chi connectivity index (χ4n) is 1.47. The standard InChI is InChI=1S/C11H10F3NO2/c12-7-3-6(4-8(13)9(7)14)10(17)15-11(5-16)1-2-11/h3-4,16H,1-2,5H2,(H,15,17). The maximum absolute atomic E-state index is 12.9. The number of halogens is 3. The maximum atomic E-state index is 12.9. The van der Waals surface area contributed by atoms with E-state index in [-0.39, 0.29) is 12.2 Å². The Hall–Kier alpha value is -1.56. The van der Waals surface area contributed by atoms with Gasteiger partial charge in [-0.05, 0) is 25.0 Å². The average molecular weight is 245 g/mol. The minimum Gasteiger partial charge on any atom is -0.394 e. The van der Waals surface area contributed by atoms with Crippen molar-refractivity contribution < 1.29 is 23.1 Å². The summed E-state index contributed by atoms with van der Waals surface area (Å²) in [6.07, 6.45) is 1.22. The van der Waals surface area contributed by atoms with E-state index >= 15 is 0 Å². The molecule has 1 fully saturated rings. The van der Waals surface area contributed by atoms with Crippen molar-refractivity contribution in [3.63, 3.8) is 0 Å². The van der Waals surface area contributed by atoms with Crippen molar-refractivity contribution in [3.8, 4) is 0 Å². The molecular weight excluding hydrogens is 235 g/mol. The van der Waals surface area contributed by atoms with Gasteiger partial charge in [0.2, 0.25) is 0 Å². The van der Waals surface area contributed by atoms with Gasteiger partial charge in [0.25, 0.3) is 5.91 Å². The SMILES string of the molecule is O=C(NC1(CO)CC1)c1cc(F)c(F)c(F)c1. The van der Waals surface area contributed by atoms with Crippen LogP contribution < -0.4 is 5.32 Å². The monoisotopic (exact) mass is 245 g/mol. The van der Waals surface area contributed by atoms with Crippen molar-refractivity contribution in [2.75, 3.05) is 6.61 Å². The summed E-state index contributed by atoms with van der Waals surface area (Å²) >= 11 is 0. The summed E-state index contributed by atoms with van der Waals surface area (Å²) in [5.41, 5.74) is -0.987. The van der Waals surface area contributed by atoms with Crippen molar-refractivity contribution in [2.24, 2.45) is 0 Å². The lowest BCUT2D eigenvalue weighted by molar-refractivity contribution is 0.0905. The van der Waals surface area contributed by atoms with Gasteiger partial charge in [-0.25, -0.2) is 13.2 Å². The summed E-state index contributed by atoms with van der Waals surface area (Å²) in [5, 5.41) is 11.4. The molecule has 1 aromatic carbocycles. The predicted octanol–water partition coefficient (Wildman–Crippen LogP) is 1.36. The number of carbonyl (C=O) groups excluding carboxylic acids is 1. The van der Waals surface area contributed by atoms with Gasteiger partial charge in [-0.1, -0.05) is 0 Å². The topological polar surface area (TPSA) is 49.3 Å². The highest BCUT2D eigenvalue weighted by molar-refractivity contribution is 5.95.